The Kier molecular flexibility index (Phi) is 10.9. The normalized spacial score (nSPS) is 12.2. The third kappa shape index (κ3) is 7.46. The smallest absolute Gasteiger partial charge is 0.330 e. The summed E-state index contributed by atoms with van der Waals surface area (Å²) in [6, 6.07) is 21.7. The van der Waals surface area contributed by atoms with Crippen molar-refractivity contribution in [3.8, 4) is 0 Å². The summed E-state index contributed by atoms with van der Waals surface area (Å²) in [6.45, 7) is 10.0. The van der Waals surface area contributed by atoms with Crippen LogP contribution in [-0.4, -0.2) is 27.5 Å². The van der Waals surface area contributed by atoms with Gasteiger partial charge in [0, 0.05) is 12.7 Å². The van der Waals surface area contributed by atoms with E-state index >= 15 is 0 Å². The van der Waals surface area contributed by atoms with Crippen LogP contribution in [0.3, 0.4) is 0 Å². The summed E-state index contributed by atoms with van der Waals surface area (Å²) in [7, 11) is -2.41. The van der Waals surface area contributed by atoms with Crippen LogP contribution in [0.2, 0.25) is 5.04 Å². The number of carbonyl (C=O) groups is 1. The summed E-state index contributed by atoms with van der Waals surface area (Å²) in [5.74, 6) is -0.243. The first-order valence-corrected chi connectivity index (χ1v) is 13.9. The van der Waals surface area contributed by atoms with Gasteiger partial charge in [-0.1, -0.05) is 107 Å². The largest absolute Gasteiger partial charge is 0.463 e. The summed E-state index contributed by atoms with van der Waals surface area (Å²) < 4.78 is 11.8. The lowest BCUT2D eigenvalue weighted by molar-refractivity contribution is -0.137. The monoisotopic (exact) mass is 452 g/mol. The van der Waals surface area contributed by atoms with E-state index in [2.05, 4.69) is 81.4 Å². The van der Waals surface area contributed by atoms with Crippen LogP contribution in [0, 0.1) is 0 Å². The van der Waals surface area contributed by atoms with Gasteiger partial charge in [0.2, 0.25) is 0 Å². The summed E-state index contributed by atoms with van der Waals surface area (Å²) in [4.78, 5) is 11.3. The standard InChI is InChI=1S/C28H40O3Si/c1-5-30-27(29)23-17-9-7-6-8-10-18-24-31-32(28(2,3)4,25-19-13-11-14-20-25)26-21-15-12-16-22-26/h11-17,19-23H,5-10,18,24H2,1-4H3. The molecule has 0 aliphatic heterocycles. The van der Waals surface area contributed by atoms with E-state index in [0.29, 0.717) is 6.61 Å². The molecule has 0 spiro atoms. The molecule has 2 rings (SSSR count). The molecule has 0 amide bonds. The topological polar surface area (TPSA) is 35.5 Å². The molecule has 174 valence electrons. The molecule has 0 radical (unpaired) electrons. The van der Waals surface area contributed by atoms with Crippen molar-refractivity contribution in [3.63, 3.8) is 0 Å². The maximum atomic E-state index is 11.3. The van der Waals surface area contributed by atoms with Crippen LogP contribution in [0.4, 0.5) is 0 Å². The summed E-state index contributed by atoms with van der Waals surface area (Å²) >= 11 is 0. The van der Waals surface area contributed by atoms with Crippen molar-refractivity contribution in [2.75, 3.05) is 13.2 Å². The van der Waals surface area contributed by atoms with Crippen molar-refractivity contribution < 1.29 is 14.0 Å². The Bertz CT molecular complexity index is 770. The highest BCUT2D eigenvalue weighted by Gasteiger charge is 2.49. The van der Waals surface area contributed by atoms with E-state index in [1.165, 1.54) is 29.6 Å². The van der Waals surface area contributed by atoms with Gasteiger partial charge in [0.05, 0.1) is 6.61 Å². The van der Waals surface area contributed by atoms with Crippen molar-refractivity contribution in [3.05, 3.63) is 72.8 Å². The van der Waals surface area contributed by atoms with E-state index in [-0.39, 0.29) is 11.0 Å². The van der Waals surface area contributed by atoms with E-state index in [9.17, 15) is 4.79 Å². The molecule has 0 atom stereocenters. The Morgan fingerprint density at radius 3 is 1.91 bits per heavy atom. The number of unbranched alkanes of at least 4 members (excludes halogenated alkanes) is 5. The number of allylic oxidation sites excluding steroid dienone is 1. The zero-order valence-corrected chi connectivity index (χ0v) is 21.3. The molecule has 0 aliphatic rings. The number of hydrogen-bond donors (Lipinski definition) is 0. The molecule has 2 aromatic carbocycles. The second-order valence-electron chi connectivity index (χ2n) is 9.22. The number of hydrogen-bond acceptors (Lipinski definition) is 3. The van der Waals surface area contributed by atoms with Gasteiger partial charge in [-0.05, 0) is 41.6 Å². The first-order chi connectivity index (χ1) is 15.4. The zero-order chi connectivity index (χ0) is 23.3. The van der Waals surface area contributed by atoms with Crippen molar-refractivity contribution in [1.82, 2.24) is 0 Å². The Hall–Kier alpha value is -2.17. The number of benzene rings is 2. The summed E-state index contributed by atoms with van der Waals surface area (Å²) in [5, 5.41) is 2.71. The molecule has 2 aromatic rings. The Labute approximate surface area is 196 Å². The van der Waals surface area contributed by atoms with Crippen LogP contribution in [-0.2, 0) is 14.0 Å². The Morgan fingerprint density at radius 1 is 0.844 bits per heavy atom. The molecule has 0 N–H and O–H groups in total. The minimum absolute atomic E-state index is 0.0287. The van der Waals surface area contributed by atoms with Gasteiger partial charge in [0.1, 0.15) is 0 Å². The number of ether oxygens (including phenoxy) is 1. The highest BCUT2D eigenvalue weighted by Crippen LogP contribution is 2.36. The third-order valence-electron chi connectivity index (χ3n) is 5.79. The van der Waals surface area contributed by atoms with Crippen molar-refractivity contribution in [2.45, 2.75) is 71.3 Å². The summed E-state index contributed by atoms with van der Waals surface area (Å²) in [5.41, 5.74) is 0. The van der Waals surface area contributed by atoms with E-state index in [0.717, 1.165) is 25.9 Å². The average molecular weight is 453 g/mol. The zero-order valence-electron chi connectivity index (χ0n) is 20.3. The van der Waals surface area contributed by atoms with Crippen LogP contribution in [0.5, 0.6) is 0 Å². The first-order valence-electron chi connectivity index (χ1n) is 12.0. The van der Waals surface area contributed by atoms with Crippen LogP contribution in [0.25, 0.3) is 0 Å². The average Bonchev–Trinajstić information content (AvgIpc) is 2.78. The van der Waals surface area contributed by atoms with Gasteiger partial charge >= 0.3 is 5.97 Å². The number of rotatable bonds is 13. The van der Waals surface area contributed by atoms with Gasteiger partial charge in [-0.2, -0.15) is 0 Å². The Morgan fingerprint density at radius 2 is 1.38 bits per heavy atom. The van der Waals surface area contributed by atoms with Gasteiger partial charge in [-0.15, -0.1) is 0 Å². The molecular weight excluding hydrogens is 412 g/mol. The molecule has 0 aliphatic carbocycles. The molecule has 4 heteroatoms. The van der Waals surface area contributed by atoms with Gasteiger partial charge in [0.25, 0.3) is 8.32 Å². The lowest BCUT2D eigenvalue weighted by Gasteiger charge is -2.43. The third-order valence-corrected chi connectivity index (χ3v) is 10.8. The second-order valence-corrected chi connectivity index (χ2v) is 13.5. The number of esters is 1. The van der Waals surface area contributed by atoms with Crippen LogP contribution < -0.4 is 10.4 Å². The molecule has 0 heterocycles. The van der Waals surface area contributed by atoms with Crippen molar-refractivity contribution in [1.29, 1.82) is 0 Å². The molecule has 32 heavy (non-hydrogen) atoms. The van der Waals surface area contributed by atoms with Gasteiger partial charge in [-0.25, -0.2) is 4.79 Å². The summed E-state index contributed by atoms with van der Waals surface area (Å²) in [6.07, 6.45) is 10.1. The van der Waals surface area contributed by atoms with Gasteiger partial charge < -0.3 is 9.16 Å². The van der Waals surface area contributed by atoms with Crippen molar-refractivity contribution >= 4 is 24.7 Å². The van der Waals surface area contributed by atoms with E-state index in [1.807, 2.05) is 13.0 Å². The van der Waals surface area contributed by atoms with Crippen LogP contribution in [0.1, 0.15) is 66.2 Å². The van der Waals surface area contributed by atoms with Crippen LogP contribution in [0.15, 0.2) is 72.8 Å². The fourth-order valence-electron chi connectivity index (χ4n) is 4.25. The highest BCUT2D eigenvalue weighted by atomic mass is 28.4. The van der Waals surface area contributed by atoms with E-state index in [1.54, 1.807) is 6.08 Å². The molecule has 0 aromatic heterocycles. The minimum atomic E-state index is -2.41. The Balaban J connectivity index is 1.90. The number of carbonyl (C=O) groups excluding carboxylic acids is 1. The van der Waals surface area contributed by atoms with E-state index < -0.39 is 8.32 Å². The van der Waals surface area contributed by atoms with Gasteiger partial charge in [0.15, 0.2) is 0 Å². The van der Waals surface area contributed by atoms with Crippen molar-refractivity contribution in [2.24, 2.45) is 0 Å². The fourth-order valence-corrected chi connectivity index (χ4v) is 8.86. The predicted octanol–water partition coefficient (Wildman–Crippen LogP) is 6.02. The SMILES string of the molecule is CCOC(=O)C=CCCCCCCCO[Si](c1ccccc1)(c1ccccc1)C(C)(C)C. The predicted molar refractivity (Wildman–Crippen MR) is 137 cm³/mol. The van der Waals surface area contributed by atoms with E-state index in [4.69, 9.17) is 9.16 Å². The fraction of sp³-hybridized carbons (Fsp3) is 0.464. The molecule has 0 fully saturated rings. The molecule has 3 nitrogen and oxygen atoms in total. The molecular formula is C28H40O3Si. The maximum Gasteiger partial charge on any atom is 0.330 e. The highest BCUT2D eigenvalue weighted by molar-refractivity contribution is 6.99. The lowest BCUT2D eigenvalue weighted by atomic mass is 10.1. The van der Waals surface area contributed by atoms with Crippen LogP contribution >= 0.6 is 0 Å². The quantitative estimate of drug-likeness (QED) is 0.161. The molecule has 0 unspecified atom stereocenters. The molecule has 0 bridgehead atoms. The first kappa shape index (κ1) is 26.1. The second kappa shape index (κ2) is 13.4. The maximum absolute atomic E-state index is 11.3. The molecule has 0 saturated heterocycles. The molecule has 0 saturated carbocycles. The lowest BCUT2D eigenvalue weighted by Crippen LogP contribution is -2.66. The minimum Gasteiger partial charge on any atom is -0.463 e. The van der Waals surface area contributed by atoms with Gasteiger partial charge in [-0.3, -0.25) is 0 Å².